The van der Waals surface area contributed by atoms with Crippen LogP contribution in [0.25, 0.3) is 33.5 Å². The van der Waals surface area contributed by atoms with Gasteiger partial charge in [0.1, 0.15) is 23.0 Å². The Morgan fingerprint density at radius 2 is 1.78 bits per heavy atom. The molecule has 0 bridgehead atoms. The highest BCUT2D eigenvalue weighted by Crippen LogP contribution is 2.32. The Labute approximate surface area is 275 Å². The summed E-state index contributed by atoms with van der Waals surface area (Å²) < 4.78 is 31.9. The first-order chi connectivity index (χ1) is 23.6. The van der Waals surface area contributed by atoms with E-state index in [-0.39, 0.29) is 41.7 Å². The molecule has 0 unspecified atom stereocenters. The van der Waals surface area contributed by atoms with Gasteiger partial charge in [0, 0.05) is 30.0 Å². The number of imidazole rings is 1. The first-order valence-electron chi connectivity index (χ1n) is 15.5. The number of aromatic hydroxyl groups is 1. The summed E-state index contributed by atoms with van der Waals surface area (Å²) in [7, 11) is 0. The molecule has 0 atom stereocenters. The molecule has 1 fully saturated rings. The van der Waals surface area contributed by atoms with Crippen molar-refractivity contribution in [3.05, 3.63) is 123 Å². The van der Waals surface area contributed by atoms with Crippen LogP contribution in [-0.4, -0.2) is 57.0 Å². The maximum Gasteiger partial charge on any atom is 0.407 e. The molecule has 6 aromatic rings. The highest BCUT2D eigenvalue weighted by Gasteiger charge is 2.32. The molecule has 0 saturated heterocycles. The van der Waals surface area contributed by atoms with Gasteiger partial charge in [-0.05, 0) is 85.3 Å². The number of fused-ring (bicyclic) bond motifs is 2. The number of benzene rings is 2. The van der Waals surface area contributed by atoms with E-state index in [1.165, 1.54) is 44.3 Å². The molecule has 14 heteroatoms. The Bertz CT molecular complexity index is 2400. The lowest BCUT2D eigenvalue weighted by molar-refractivity contribution is 0.0983. The molecule has 12 nitrogen and oxygen atoms in total. The smallest absolute Gasteiger partial charge is 0.407 e. The van der Waals surface area contributed by atoms with E-state index < -0.39 is 41.1 Å². The summed E-state index contributed by atoms with van der Waals surface area (Å²) in [6.07, 6.45) is 4.41. The maximum atomic E-state index is 14.5. The molecule has 4 heterocycles. The van der Waals surface area contributed by atoms with Crippen molar-refractivity contribution in [1.82, 2.24) is 28.4 Å². The van der Waals surface area contributed by atoms with E-state index in [1.807, 2.05) is 0 Å². The van der Waals surface area contributed by atoms with Crippen LogP contribution in [0.5, 0.6) is 5.75 Å². The van der Waals surface area contributed by atoms with Crippen LogP contribution < -0.4 is 11.2 Å². The van der Waals surface area contributed by atoms with Crippen LogP contribution in [0.4, 0.5) is 13.6 Å². The van der Waals surface area contributed by atoms with Crippen LogP contribution in [0.15, 0.2) is 88.8 Å². The number of hydrogen-bond donors (Lipinski definition) is 2. The summed E-state index contributed by atoms with van der Waals surface area (Å²) in [5.74, 6) is -1.30. The van der Waals surface area contributed by atoms with Gasteiger partial charge < -0.3 is 14.6 Å². The lowest BCUT2D eigenvalue weighted by Gasteiger charge is -2.35. The second-order valence-electron chi connectivity index (χ2n) is 12.0. The van der Waals surface area contributed by atoms with E-state index in [0.717, 1.165) is 16.8 Å². The second-order valence-corrected chi connectivity index (χ2v) is 12.0. The lowest BCUT2D eigenvalue weighted by atomic mass is 9.90. The van der Waals surface area contributed by atoms with Crippen molar-refractivity contribution < 1.29 is 28.6 Å². The standard InChI is InChI=1S/C35H28F2N6O6/c36-22-4-11-31-39-24(17-40(31)16-22)18-41(35(48)49)25-5-7-26(8-6-25)43-33(46)30-14-23(37)15-38-32(30)42(34(43)47)27-3-1-2-20(12-27)29-10-9-28(45)13-21(29)19-44/h1-4,9-17,19,25-26,45H,5-8,18H2,(H,48,49)/t25-,26+. The third-order valence-corrected chi connectivity index (χ3v) is 8.98. The molecule has 248 valence electrons. The number of hydrogen-bond acceptors (Lipinski definition) is 7. The van der Waals surface area contributed by atoms with E-state index in [4.69, 9.17) is 0 Å². The van der Waals surface area contributed by atoms with Crippen LogP contribution in [-0.2, 0) is 6.54 Å². The third kappa shape index (κ3) is 5.81. The minimum Gasteiger partial charge on any atom is -0.508 e. The highest BCUT2D eigenvalue weighted by molar-refractivity contribution is 5.88. The van der Waals surface area contributed by atoms with Crippen LogP contribution in [0.2, 0.25) is 0 Å². The first kappa shape index (κ1) is 31.4. The Morgan fingerprint density at radius 1 is 0.980 bits per heavy atom. The van der Waals surface area contributed by atoms with Gasteiger partial charge >= 0.3 is 11.8 Å². The predicted octanol–water partition coefficient (Wildman–Crippen LogP) is 5.32. The molecule has 0 aliphatic heterocycles. The second kappa shape index (κ2) is 12.4. The fourth-order valence-corrected chi connectivity index (χ4v) is 6.71. The summed E-state index contributed by atoms with van der Waals surface area (Å²) in [4.78, 5) is 61.9. The van der Waals surface area contributed by atoms with E-state index in [1.54, 1.807) is 36.5 Å². The van der Waals surface area contributed by atoms with Gasteiger partial charge in [0.2, 0.25) is 0 Å². The number of carbonyl (C=O) groups excluding carboxylic acids is 1. The Balaban J connectivity index is 1.23. The minimum absolute atomic E-state index is 0.0369. The average Bonchev–Trinajstić information content (AvgIpc) is 3.49. The van der Waals surface area contributed by atoms with E-state index in [9.17, 15) is 38.2 Å². The average molecular weight is 667 g/mol. The third-order valence-electron chi connectivity index (χ3n) is 8.98. The molecule has 1 aliphatic rings. The monoisotopic (exact) mass is 666 g/mol. The summed E-state index contributed by atoms with van der Waals surface area (Å²) in [6.45, 7) is -0.0369. The SMILES string of the molecule is O=Cc1cc(O)ccc1-c1cccc(-n2c(=O)n([C@H]3CC[C@@H](N(Cc4cn5cc(F)ccc5n4)C(=O)O)CC3)c(=O)c3cc(F)cnc32)c1. The molecular weight excluding hydrogens is 638 g/mol. The molecule has 4 aromatic heterocycles. The summed E-state index contributed by atoms with van der Waals surface area (Å²) in [5.41, 5.74) is 1.02. The van der Waals surface area contributed by atoms with Gasteiger partial charge in [-0.2, -0.15) is 0 Å². The van der Waals surface area contributed by atoms with Crippen LogP contribution in [0.1, 0.15) is 47.8 Å². The molecule has 2 aromatic carbocycles. The number of nitrogens with zero attached hydrogens (tertiary/aromatic N) is 6. The van der Waals surface area contributed by atoms with Crippen molar-refractivity contribution in [3.63, 3.8) is 0 Å². The van der Waals surface area contributed by atoms with Crippen LogP contribution in [0.3, 0.4) is 0 Å². The first-order valence-corrected chi connectivity index (χ1v) is 15.5. The van der Waals surface area contributed by atoms with Crippen molar-refractivity contribution in [2.24, 2.45) is 0 Å². The summed E-state index contributed by atoms with van der Waals surface area (Å²) in [5, 5.41) is 19.8. The van der Waals surface area contributed by atoms with E-state index in [2.05, 4.69) is 9.97 Å². The van der Waals surface area contributed by atoms with Crippen molar-refractivity contribution in [3.8, 4) is 22.6 Å². The number of halogens is 2. The number of pyridine rings is 2. The maximum absolute atomic E-state index is 14.5. The molecule has 0 radical (unpaired) electrons. The molecule has 1 amide bonds. The number of carboxylic acid groups (broad SMARTS) is 1. The molecule has 0 spiro atoms. The summed E-state index contributed by atoms with van der Waals surface area (Å²) >= 11 is 0. The zero-order valence-corrected chi connectivity index (χ0v) is 25.7. The Morgan fingerprint density at radius 3 is 2.53 bits per heavy atom. The van der Waals surface area contributed by atoms with Crippen LogP contribution in [0, 0.1) is 11.6 Å². The number of phenols is 1. The van der Waals surface area contributed by atoms with Crippen molar-refractivity contribution in [2.75, 3.05) is 0 Å². The van der Waals surface area contributed by atoms with Gasteiger partial charge in [-0.25, -0.2) is 32.9 Å². The van der Waals surface area contributed by atoms with Gasteiger partial charge in [-0.1, -0.05) is 12.1 Å². The predicted molar refractivity (Wildman–Crippen MR) is 174 cm³/mol. The van der Waals surface area contributed by atoms with Gasteiger partial charge in [-0.3, -0.25) is 19.1 Å². The number of phenolic OH excluding ortho intramolecular Hbond substituents is 1. The number of carbonyl (C=O) groups is 2. The quantitative estimate of drug-likeness (QED) is 0.217. The number of aldehydes is 1. The van der Waals surface area contributed by atoms with Crippen molar-refractivity contribution in [2.45, 2.75) is 44.3 Å². The number of rotatable bonds is 7. The molecule has 2 N–H and O–H groups in total. The van der Waals surface area contributed by atoms with Gasteiger partial charge in [0.05, 0.1) is 29.5 Å². The highest BCUT2D eigenvalue weighted by atomic mass is 19.1. The van der Waals surface area contributed by atoms with Crippen molar-refractivity contribution >= 4 is 29.1 Å². The number of amides is 1. The zero-order chi connectivity index (χ0) is 34.4. The molecular formula is C35H28F2N6O6. The fraction of sp³-hybridized carbons (Fsp3) is 0.200. The largest absolute Gasteiger partial charge is 0.508 e. The number of aromatic nitrogens is 5. The molecule has 1 aliphatic carbocycles. The van der Waals surface area contributed by atoms with Crippen LogP contribution >= 0.6 is 0 Å². The van der Waals surface area contributed by atoms with E-state index >= 15 is 0 Å². The Kier molecular flexibility index (Phi) is 7.98. The fourth-order valence-electron chi connectivity index (χ4n) is 6.71. The minimum atomic E-state index is -1.16. The van der Waals surface area contributed by atoms with E-state index in [0.29, 0.717) is 47.3 Å². The molecule has 1 saturated carbocycles. The topological polar surface area (TPSA) is 152 Å². The van der Waals surface area contributed by atoms with Gasteiger partial charge in [0.15, 0.2) is 11.9 Å². The normalized spacial score (nSPS) is 16.2. The zero-order valence-electron chi connectivity index (χ0n) is 25.7. The van der Waals surface area contributed by atoms with Crippen molar-refractivity contribution in [1.29, 1.82) is 0 Å². The lowest BCUT2D eigenvalue weighted by Crippen LogP contribution is -2.46. The van der Waals surface area contributed by atoms with Gasteiger partial charge in [-0.15, -0.1) is 0 Å². The summed E-state index contributed by atoms with van der Waals surface area (Å²) in [6, 6.07) is 13.7. The Hall–Kier alpha value is -6.18. The van der Waals surface area contributed by atoms with Gasteiger partial charge in [0.25, 0.3) is 5.56 Å². The molecule has 7 rings (SSSR count). The molecule has 49 heavy (non-hydrogen) atoms.